The summed E-state index contributed by atoms with van der Waals surface area (Å²) in [5.74, 6) is 1.42. The third kappa shape index (κ3) is 2.80. The number of rotatable bonds is 3. The molecule has 3 nitrogen and oxygen atoms in total. The number of aromatic nitrogens is 2. The van der Waals surface area contributed by atoms with Crippen molar-refractivity contribution >= 4 is 11.0 Å². The lowest BCUT2D eigenvalue weighted by Crippen LogP contribution is -2.09. The number of aryl methyl sites for hydroxylation is 1. The molecule has 0 radical (unpaired) electrons. The van der Waals surface area contributed by atoms with Crippen LogP contribution in [0.25, 0.3) is 11.0 Å². The summed E-state index contributed by atoms with van der Waals surface area (Å²) >= 11 is 0. The lowest BCUT2D eigenvalue weighted by atomic mass is 10.0. The zero-order valence-corrected chi connectivity index (χ0v) is 10.9. The molecular weight excluding hydrogens is 267 g/mol. The van der Waals surface area contributed by atoms with Crippen LogP contribution in [0, 0.1) is 5.92 Å². The maximum Gasteiger partial charge on any atom is 0.416 e. The third-order valence-corrected chi connectivity index (χ3v) is 3.81. The number of imidazole rings is 1. The lowest BCUT2D eigenvalue weighted by molar-refractivity contribution is -0.137. The van der Waals surface area contributed by atoms with Crippen LogP contribution in [0.4, 0.5) is 13.2 Å². The van der Waals surface area contributed by atoms with Crippen LogP contribution in [0.2, 0.25) is 0 Å². The molecule has 2 aromatic rings. The average Bonchev–Trinajstić information content (AvgIpc) is 3.03. The second-order valence-electron chi connectivity index (χ2n) is 5.31. The van der Waals surface area contributed by atoms with E-state index >= 15 is 0 Å². The Morgan fingerprint density at radius 2 is 2.15 bits per heavy atom. The Balaban J connectivity index is 1.76. The SMILES string of the molecule is FC(F)(F)c1ccc2nc(CCC3CCNC3)[nH]c2c1. The van der Waals surface area contributed by atoms with E-state index in [1.807, 2.05) is 0 Å². The predicted octanol–water partition coefficient (Wildman–Crippen LogP) is 3.12. The van der Waals surface area contributed by atoms with Crippen LogP contribution in [0.15, 0.2) is 18.2 Å². The van der Waals surface area contributed by atoms with Gasteiger partial charge in [-0.05, 0) is 50.0 Å². The number of aromatic amines is 1. The van der Waals surface area contributed by atoms with Gasteiger partial charge in [0.1, 0.15) is 5.82 Å². The van der Waals surface area contributed by atoms with E-state index in [1.165, 1.54) is 12.5 Å². The van der Waals surface area contributed by atoms with Crippen LogP contribution in [-0.2, 0) is 12.6 Å². The Labute approximate surface area is 114 Å². The molecule has 0 spiro atoms. The van der Waals surface area contributed by atoms with Gasteiger partial charge in [-0.1, -0.05) is 0 Å². The summed E-state index contributed by atoms with van der Waals surface area (Å²) in [5.41, 5.74) is 0.414. The van der Waals surface area contributed by atoms with Crippen molar-refractivity contribution in [1.29, 1.82) is 0 Å². The van der Waals surface area contributed by atoms with Gasteiger partial charge < -0.3 is 10.3 Å². The summed E-state index contributed by atoms with van der Waals surface area (Å²) in [6.45, 7) is 2.08. The first-order valence-corrected chi connectivity index (χ1v) is 6.79. The Morgan fingerprint density at radius 3 is 2.85 bits per heavy atom. The Morgan fingerprint density at radius 1 is 1.30 bits per heavy atom. The van der Waals surface area contributed by atoms with Crippen LogP contribution in [-0.4, -0.2) is 23.1 Å². The van der Waals surface area contributed by atoms with Crippen LogP contribution in [0.5, 0.6) is 0 Å². The second-order valence-corrected chi connectivity index (χ2v) is 5.31. The molecule has 20 heavy (non-hydrogen) atoms. The van der Waals surface area contributed by atoms with Crippen molar-refractivity contribution in [2.45, 2.75) is 25.4 Å². The monoisotopic (exact) mass is 283 g/mol. The van der Waals surface area contributed by atoms with Crippen molar-refractivity contribution in [2.75, 3.05) is 13.1 Å². The summed E-state index contributed by atoms with van der Waals surface area (Å²) in [5, 5.41) is 3.30. The summed E-state index contributed by atoms with van der Waals surface area (Å²) in [4.78, 5) is 7.35. The molecule has 108 valence electrons. The maximum atomic E-state index is 12.6. The first-order chi connectivity index (χ1) is 9.52. The lowest BCUT2D eigenvalue weighted by Gasteiger charge is -2.05. The zero-order chi connectivity index (χ0) is 14.2. The van der Waals surface area contributed by atoms with Crippen molar-refractivity contribution in [3.63, 3.8) is 0 Å². The molecule has 2 heterocycles. The van der Waals surface area contributed by atoms with Gasteiger partial charge in [-0.15, -0.1) is 0 Å². The summed E-state index contributed by atoms with van der Waals surface area (Å²) in [7, 11) is 0. The molecule has 1 saturated heterocycles. The molecule has 1 atom stereocenters. The number of benzene rings is 1. The molecule has 1 unspecified atom stereocenters. The first kappa shape index (κ1) is 13.4. The van der Waals surface area contributed by atoms with Gasteiger partial charge in [0.15, 0.2) is 0 Å². The standard InChI is InChI=1S/C14H16F3N3/c15-14(16,17)10-2-3-11-12(7-10)20-13(19-11)4-1-9-5-6-18-8-9/h2-3,7,9,18H,1,4-6,8H2,(H,19,20). The molecule has 1 aromatic carbocycles. The van der Waals surface area contributed by atoms with E-state index in [9.17, 15) is 13.2 Å². The number of fused-ring (bicyclic) bond motifs is 1. The minimum Gasteiger partial charge on any atom is -0.342 e. The number of H-pyrrole nitrogens is 1. The van der Waals surface area contributed by atoms with Crippen molar-refractivity contribution < 1.29 is 13.2 Å². The van der Waals surface area contributed by atoms with Crippen molar-refractivity contribution in [1.82, 2.24) is 15.3 Å². The molecule has 6 heteroatoms. The number of halogens is 3. The predicted molar refractivity (Wildman–Crippen MR) is 70.4 cm³/mol. The maximum absolute atomic E-state index is 12.6. The van der Waals surface area contributed by atoms with E-state index in [-0.39, 0.29) is 0 Å². The quantitative estimate of drug-likeness (QED) is 0.908. The number of hydrogen-bond acceptors (Lipinski definition) is 2. The molecule has 1 aromatic heterocycles. The zero-order valence-electron chi connectivity index (χ0n) is 10.9. The topological polar surface area (TPSA) is 40.7 Å². The van der Waals surface area contributed by atoms with E-state index in [0.717, 1.165) is 43.9 Å². The van der Waals surface area contributed by atoms with Gasteiger partial charge in [-0.3, -0.25) is 0 Å². The molecule has 2 N–H and O–H groups in total. The molecule has 0 aliphatic carbocycles. The molecule has 0 saturated carbocycles. The molecule has 1 aliphatic rings. The van der Waals surface area contributed by atoms with Crippen LogP contribution in [0.3, 0.4) is 0 Å². The molecule has 3 rings (SSSR count). The Hall–Kier alpha value is -1.56. The van der Waals surface area contributed by atoms with Crippen LogP contribution >= 0.6 is 0 Å². The van der Waals surface area contributed by atoms with Gasteiger partial charge in [-0.2, -0.15) is 13.2 Å². The van der Waals surface area contributed by atoms with Gasteiger partial charge in [-0.25, -0.2) is 4.98 Å². The van der Waals surface area contributed by atoms with Crippen LogP contribution < -0.4 is 5.32 Å². The van der Waals surface area contributed by atoms with Crippen molar-refractivity contribution in [3.05, 3.63) is 29.6 Å². The van der Waals surface area contributed by atoms with E-state index in [0.29, 0.717) is 17.0 Å². The average molecular weight is 283 g/mol. The minimum absolute atomic E-state index is 0.458. The minimum atomic E-state index is -4.31. The highest BCUT2D eigenvalue weighted by Gasteiger charge is 2.30. The molecule has 0 amide bonds. The highest BCUT2D eigenvalue weighted by atomic mass is 19.4. The molecule has 1 fully saturated rings. The smallest absolute Gasteiger partial charge is 0.342 e. The highest BCUT2D eigenvalue weighted by molar-refractivity contribution is 5.76. The largest absolute Gasteiger partial charge is 0.416 e. The normalized spacial score (nSPS) is 19.9. The fourth-order valence-corrected chi connectivity index (χ4v) is 2.66. The van der Waals surface area contributed by atoms with E-state index in [4.69, 9.17) is 0 Å². The summed E-state index contributed by atoms with van der Waals surface area (Å²) in [6, 6.07) is 3.63. The second kappa shape index (κ2) is 5.09. The molecule has 0 bridgehead atoms. The number of nitrogens with zero attached hydrogens (tertiary/aromatic N) is 1. The summed E-state index contributed by atoms with van der Waals surface area (Å²) < 4.78 is 37.9. The van der Waals surface area contributed by atoms with E-state index in [2.05, 4.69) is 15.3 Å². The first-order valence-electron chi connectivity index (χ1n) is 6.79. The van der Waals surface area contributed by atoms with Crippen LogP contribution in [0.1, 0.15) is 24.2 Å². The van der Waals surface area contributed by atoms with E-state index < -0.39 is 11.7 Å². The van der Waals surface area contributed by atoms with Gasteiger partial charge in [0.2, 0.25) is 0 Å². The van der Waals surface area contributed by atoms with Gasteiger partial charge in [0.25, 0.3) is 0 Å². The fourth-order valence-electron chi connectivity index (χ4n) is 2.66. The molecular formula is C14H16F3N3. The van der Waals surface area contributed by atoms with Gasteiger partial charge in [0, 0.05) is 6.42 Å². The fraction of sp³-hybridized carbons (Fsp3) is 0.500. The summed E-state index contributed by atoms with van der Waals surface area (Å²) in [6.07, 6.45) is -1.35. The Bertz CT molecular complexity index is 597. The number of hydrogen-bond donors (Lipinski definition) is 2. The molecule has 1 aliphatic heterocycles. The Kier molecular flexibility index (Phi) is 3.41. The number of alkyl halides is 3. The third-order valence-electron chi connectivity index (χ3n) is 3.81. The number of nitrogens with one attached hydrogen (secondary N) is 2. The highest BCUT2D eigenvalue weighted by Crippen LogP contribution is 2.31. The van der Waals surface area contributed by atoms with Gasteiger partial charge >= 0.3 is 6.18 Å². The van der Waals surface area contributed by atoms with Gasteiger partial charge in [0.05, 0.1) is 16.6 Å². The van der Waals surface area contributed by atoms with E-state index in [1.54, 1.807) is 0 Å². The van der Waals surface area contributed by atoms with Crippen molar-refractivity contribution in [3.8, 4) is 0 Å². The van der Waals surface area contributed by atoms with Crippen molar-refractivity contribution in [2.24, 2.45) is 5.92 Å².